The highest BCUT2D eigenvalue weighted by Crippen LogP contribution is 2.21. The first kappa shape index (κ1) is 9.57. The van der Waals surface area contributed by atoms with Crippen LogP contribution in [0.4, 0.5) is 0 Å². The van der Waals surface area contributed by atoms with E-state index in [0.717, 1.165) is 6.08 Å². The molecule has 0 heterocycles. The fraction of sp³-hybridized carbons (Fsp3) is 0.333. The lowest BCUT2D eigenvalue weighted by Gasteiger charge is -2.13. The SMILES string of the molecule is NC1=CC(S(=O)(=O)O)=CCC1Cl. The van der Waals surface area contributed by atoms with Crippen molar-refractivity contribution in [3.8, 4) is 0 Å². The number of allylic oxidation sites excluding steroid dienone is 3. The summed E-state index contributed by atoms with van der Waals surface area (Å²) in [6, 6.07) is 0. The molecule has 1 unspecified atom stereocenters. The molecule has 0 radical (unpaired) electrons. The van der Waals surface area contributed by atoms with Gasteiger partial charge < -0.3 is 5.73 Å². The molecular weight excluding hydrogens is 202 g/mol. The predicted octanol–water partition coefficient (Wildman–Crippen LogP) is 0.612. The summed E-state index contributed by atoms with van der Waals surface area (Å²) in [6.07, 6.45) is 2.82. The number of alkyl halides is 1. The standard InChI is InChI=1S/C6H8ClNO3S/c7-5-2-1-4(3-6(5)8)12(9,10)11/h1,3,5H,2,8H2,(H,9,10,11). The lowest BCUT2D eigenvalue weighted by Crippen LogP contribution is -2.16. The van der Waals surface area contributed by atoms with Crippen molar-refractivity contribution in [1.82, 2.24) is 0 Å². The Kier molecular flexibility index (Phi) is 2.46. The lowest BCUT2D eigenvalue weighted by atomic mass is 10.1. The van der Waals surface area contributed by atoms with Gasteiger partial charge in [-0.05, 0) is 12.5 Å². The molecule has 0 bridgehead atoms. The number of hydrogen-bond donors (Lipinski definition) is 2. The first-order valence-electron chi connectivity index (χ1n) is 3.20. The zero-order valence-electron chi connectivity index (χ0n) is 6.07. The highest BCUT2D eigenvalue weighted by atomic mass is 35.5. The Bertz CT molecular complexity index is 344. The van der Waals surface area contributed by atoms with E-state index in [4.69, 9.17) is 21.9 Å². The predicted molar refractivity (Wildman–Crippen MR) is 46.2 cm³/mol. The quantitative estimate of drug-likeness (QED) is 0.490. The molecule has 68 valence electrons. The topological polar surface area (TPSA) is 80.4 Å². The summed E-state index contributed by atoms with van der Waals surface area (Å²) in [4.78, 5) is -0.183. The van der Waals surface area contributed by atoms with E-state index in [-0.39, 0.29) is 16.0 Å². The minimum absolute atomic E-state index is 0.183. The van der Waals surface area contributed by atoms with Crippen LogP contribution in [-0.4, -0.2) is 18.3 Å². The van der Waals surface area contributed by atoms with Gasteiger partial charge in [0.15, 0.2) is 0 Å². The van der Waals surface area contributed by atoms with Gasteiger partial charge in [0, 0.05) is 5.70 Å². The third kappa shape index (κ3) is 2.00. The van der Waals surface area contributed by atoms with Gasteiger partial charge >= 0.3 is 0 Å². The van der Waals surface area contributed by atoms with E-state index in [2.05, 4.69) is 0 Å². The molecular formula is C6H8ClNO3S. The van der Waals surface area contributed by atoms with Crippen molar-refractivity contribution < 1.29 is 13.0 Å². The minimum Gasteiger partial charge on any atom is -0.401 e. The molecule has 4 nitrogen and oxygen atoms in total. The summed E-state index contributed by atoms with van der Waals surface area (Å²) < 4.78 is 29.8. The van der Waals surface area contributed by atoms with Crippen LogP contribution in [0.5, 0.6) is 0 Å². The molecule has 6 heteroatoms. The van der Waals surface area contributed by atoms with E-state index in [1.807, 2.05) is 0 Å². The zero-order valence-corrected chi connectivity index (χ0v) is 7.64. The van der Waals surface area contributed by atoms with E-state index in [1.54, 1.807) is 0 Å². The summed E-state index contributed by atoms with van der Waals surface area (Å²) in [7, 11) is -4.14. The Morgan fingerprint density at radius 3 is 2.67 bits per heavy atom. The smallest absolute Gasteiger partial charge is 0.294 e. The van der Waals surface area contributed by atoms with Crippen LogP contribution in [0.1, 0.15) is 6.42 Å². The van der Waals surface area contributed by atoms with Gasteiger partial charge in [-0.25, -0.2) is 0 Å². The average Bonchev–Trinajstić information content (AvgIpc) is 1.92. The van der Waals surface area contributed by atoms with Gasteiger partial charge in [-0.1, -0.05) is 6.08 Å². The van der Waals surface area contributed by atoms with E-state index in [9.17, 15) is 8.42 Å². The monoisotopic (exact) mass is 209 g/mol. The lowest BCUT2D eigenvalue weighted by molar-refractivity contribution is 0.491. The second-order valence-corrected chi connectivity index (χ2v) is 4.38. The number of nitrogens with two attached hydrogens (primary N) is 1. The minimum atomic E-state index is -4.14. The van der Waals surface area contributed by atoms with Gasteiger partial charge in [-0.3, -0.25) is 4.55 Å². The van der Waals surface area contributed by atoms with Crippen LogP contribution in [0.15, 0.2) is 22.8 Å². The van der Waals surface area contributed by atoms with Crippen molar-refractivity contribution in [2.24, 2.45) is 5.73 Å². The van der Waals surface area contributed by atoms with Crippen LogP contribution in [0.2, 0.25) is 0 Å². The molecule has 0 amide bonds. The van der Waals surface area contributed by atoms with Crippen LogP contribution in [0, 0.1) is 0 Å². The highest BCUT2D eigenvalue weighted by molar-refractivity contribution is 7.90. The molecule has 0 spiro atoms. The van der Waals surface area contributed by atoms with Gasteiger partial charge in [-0.15, -0.1) is 11.6 Å². The molecule has 1 aliphatic carbocycles. The fourth-order valence-corrected chi connectivity index (χ4v) is 1.59. The maximum Gasteiger partial charge on any atom is 0.294 e. The van der Waals surface area contributed by atoms with Crippen molar-refractivity contribution in [1.29, 1.82) is 0 Å². The van der Waals surface area contributed by atoms with Crippen LogP contribution >= 0.6 is 11.6 Å². The molecule has 0 aromatic heterocycles. The molecule has 0 saturated carbocycles. The summed E-state index contributed by atoms with van der Waals surface area (Å²) >= 11 is 5.67. The van der Waals surface area contributed by atoms with Gasteiger partial charge in [0.2, 0.25) is 0 Å². The molecule has 0 aliphatic heterocycles. The van der Waals surface area contributed by atoms with Gasteiger partial charge in [0.25, 0.3) is 10.1 Å². The number of rotatable bonds is 1. The van der Waals surface area contributed by atoms with E-state index in [1.165, 1.54) is 6.08 Å². The van der Waals surface area contributed by atoms with E-state index >= 15 is 0 Å². The molecule has 0 aromatic rings. The van der Waals surface area contributed by atoms with E-state index in [0.29, 0.717) is 6.42 Å². The molecule has 12 heavy (non-hydrogen) atoms. The molecule has 0 fully saturated rings. The first-order chi connectivity index (χ1) is 5.41. The Hall–Kier alpha value is -0.520. The molecule has 1 aliphatic rings. The molecule has 0 aromatic carbocycles. The summed E-state index contributed by atoms with van der Waals surface area (Å²) in [5.74, 6) is 0. The fourth-order valence-electron chi connectivity index (χ4n) is 0.849. The highest BCUT2D eigenvalue weighted by Gasteiger charge is 2.19. The Labute approximate surface area is 75.5 Å². The maximum absolute atomic E-state index is 10.6. The van der Waals surface area contributed by atoms with Crippen LogP contribution < -0.4 is 5.73 Å². The van der Waals surface area contributed by atoms with E-state index < -0.39 is 10.1 Å². The first-order valence-corrected chi connectivity index (χ1v) is 5.07. The number of halogens is 1. The van der Waals surface area contributed by atoms with Crippen molar-refractivity contribution in [2.75, 3.05) is 0 Å². The number of hydrogen-bond acceptors (Lipinski definition) is 3. The Balaban J connectivity index is 3.01. The molecule has 1 atom stereocenters. The van der Waals surface area contributed by atoms with Gasteiger partial charge in [0.1, 0.15) is 0 Å². The summed E-state index contributed by atoms with van der Waals surface area (Å²) in [5, 5.41) is -0.379. The van der Waals surface area contributed by atoms with Crippen molar-refractivity contribution in [3.63, 3.8) is 0 Å². The van der Waals surface area contributed by atoms with Crippen molar-refractivity contribution in [2.45, 2.75) is 11.8 Å². The third-order valence-corrected chi connectivity index (χ3v) is 2.80. The largest absolute Gasteiger partial charge is 0.401 e. The molecule has 0 saturated heterocycles. The van der Waals surface area contributed by atoms with Crippen molar-refractivity contribution in [3.05, 3.63) is 22.8 Å². The summed E-state index contributed by atoms with van der Waals surface area (Å²) in [5.41, 5.74) is 5.63. The van der Waals surface area contributed by atoms with Crippen LogP contribution in [-0.2, 0) is 10.1 Å². The molecule has 3 N–H and O–H groups in total. The second kappa shape index (κ2) is 3.08. The van der Waals surface area contributed by atoms with Crippen LogP contribution in [0.3, 0.4) is 0 Å². The average molecular weight is 210 g/mol. The Morgan fingerprint density at radius 2 is 2.25 bits per heavy atom. The van der Waals surface area contributed by atoms with Crippen LogP contribution in [0.25, 0.3) is 0 Å². The maximum atomic E-state index is 10.6. The van der Waals surface area contributed by atoms with Gasteiger partial charge in [0.05, 0.1) is 10.3 Å². The molecule has 1 rings (SSSR count). The van der Waals surface area contributed by atoms with Crippen molar-refractivity contribution >= 4 is 21.7 Å². The third-order valence-electron chi connectivity index (χ3n) is 1.49. The zero-order chi connectivity index (χ0) is 9.35. The summed E-state index contributed by atoms with van der Waals surface area (Å²) in [6.45, 7) is 0. The van der Waals surface area contributed by atoms with Gasteiger partial charge in [-0.2, -0.15) is 8.42 Å². The Morgan fingerprint density at radius 1 is 1.67 bits per heavy atom. The second-order valence-electron chi connectivity index (χ2n) is 2.43. The normalized spacial score (nSPS) is 24.7.